The van der Waals surface area contributed by atoms with Crippen LogP contribution < -0.4 is 10.9 Å². The quantitative estimate of drug-likeness (QED) is 0.360. The first-order valence-electron chi connectivity index (χ1n) is 12.6. The molecule has 1 aromatic heterocycles. The van der Waals surface area contributed by atoms with Crippen LogP contribution in [0.4, 0.5) is 0 Å². The average molecular weight is 476 g/mol. The van der Waals surface area contributed by atoms with Crippen molar-refractivity contribution in [3.8, 4) is 0 Å². The molecule has 1 N–H and O–H groups in total. The number of hydrogen-bond acceptors (Lipinski definition) is 4. The van der Waals surface area contributed by atoms with Gasteiger partial charge in [-0.25, -0.2) is 0 Å². The topological polar surface area (TPSA) is 88.5 Å². The van der Waals surface area contributed by atoms with Crippen LogP contribution in [0.5, 0.6) is 0 Å². The van der Waals surface area contributed by atoms with Crippen molar-refractivity contribution in [1.29, 1.82) is 0 Å². The van der Waals surface area contributed by atoms with E-state index in [1.54, 1.807) is 47.4 Å². The Bertz CT molecular complexity index is 1130. The van der Waals surface area contributed by atoms with Gasteiger partial charge in [-0.05, 0) is 51.0 Å². The van der Waals surface area contributed by atoms with Crippen molar-refractivity contribution < 1.29 is 14.4 Å². The molecule has 2 aromatic rings. The smallest absolute Gasteiger partial charge is 0.253 e. The van der Waals surface area contributed by atoms with Gasteiger partial charge in [-0.1, -0.05) is 48.0 Å². The highest BCUT2D eigenvalue weighted by Gasteiger charge is 2.36. The fourth-order valence-corrected chi connectivity index (χ4v) is 4.93. The molecule has 7 heteroatoms. The summed E-state index contributed by atoms with van der Waals surface area (Å²) in [7, 11) is 0. The molecule has 0 saturated carbocycles. The highest BCUT2D eigenvalue weighted by molar-refractivity contribution is 6.11. The molecule has 1 fully saturated rings. The second kappa shape index (κ2) is 11.8. The normalized spacial score (nSPS) is 17.4. The number of likely N-dealkylation sites (tertiary alicyclic amines) is 1. The molecule has 7 nitrogen and oxygen atoms in total. The van der Waals surface area contributed by atoms with Gasteiger partial charge in [-0.3, -0.25) is 23.7 Å². The number of pyridine rings is 1. The summed E-state index contributed by atoms with van der Waals surface area (Å²) in [6.07, 6.45) is 10.5. The number of piperidine rings is 1. The summed E-state index contributed by atoms with van der Waals surface area (Å²) in [6.45, 7) is 1.40. The third-order valence-electron chi connectivity index (χ3n) is 6.98. The predicted octanol–water partition coefficient (Wildman–Crippen LogP) is 3.52. The Kier molecular flexibility index (Phi) is 8.29. The van der Waals surface area contributed by atoms with Crippen LogP contribution in [0.25, 0.3) is 0 Å². The van der Waals surface area contributed by atoms with Crippen molar-refractivity contribution in [2.45, 2.75) is 51.0 Å². The molecular formula is C28H33N3O4. The van der Waals surface area contributed by atoms with Gasteiger partial charge in [0, 0.05) is 43.4 Å². The van der Waals surface area contributed by atoms with Gasteiger partial charge in [0.15, 0.2) is 11.8 Å². The van der Waals surface area contributed by atoms with Crippen molar-refractivity contribution in [3.05, 3.63) is 82.3 Å². The van der Waals surface area contributed by atoms with E-state index in [1.165, 1.54) is 35.2 Å². The van der Waals surface area contributed by atoms with Gasteiger partial charge in [-0.15, -0.1) is 0 Å². The van der Waals surface area contributed by atoms with Gasteiger partial charge >= 0.3 is 0 Å². The molecule has 1 aliphatic carbocycles. The lowest BCUT2D eigenvalue weighted by atomic mass is 9.94. The largest absolute Gasteiger partial charge is 0.356 e. The number of carbonyl (C=O) groups excluding carboxylic acids is 3. The van der Waals surface area contributed by atoms with Gasteiger partial charge in [0.1, 0.15) is 0 Å². The number of benzene rings is 1. The van der Waals surface area contributed by atoms with Gasteiger partial charge in [0.05, 0.1) is 0 Å². The maximum Gasteiger partial charge on any atom is 0.253 e. The number of aromatic nitrogens is 1. The van der Waals surface area contributed by atoms with Crippen LogP contribution in [0.1, 0.15) is 61.3 Å². The molecule has 1 unspecified atom stereocenters. The second-order valence-electron chi connectivity index (χ2n) is 9.33. The van der Waals surface area contributed by atoms with E-state index in [2.05, 4.69) is 11.4 Å². The lowest BCUT2D eigenvalue weighted by molar-refractivity contribution is -0.137. The van der Waals surface area contributed by atoms with E-state index in [4.69, 9.17) is 0 Å². The second-order valence-corrected chi connectivity index (χ2v) is 9.33. The molecular weight excluding hydrogens is 442 g/mol. The molecule has 2 amide bonds. The van der Waals surface area contributed by atoms with Crippen LogP contribution in [-0.4, -0.2) is 46.7 Å². The van der Waals surface area contributed by atoms with Crippen molar-refractivity contribution >= 4 is 17.6 Å². The Balaban J connectivity index is 1.38. The fraction of sp³-hybridized carbons (Fsp3) is 0.429. The number of nitrogens with zero attached hydrogens (tertiary/aromatic N) is 2. The molecule has 2 heterocycles. The Morgan fingerprint density at radius 2 is 1.71 bits per heavy atom. The Morgan fingerprint density at radius 1 is 0.971 bits per heavy atom. The van der Waals surface area contributed by atoms with Gasteiger partial charge in [-0.2, -0.15) is 0 Å². The highest BCUT2D eigenvalue weighted by Crippen LogP contribution is 2.23. The van der Waals surface area contributed by atoms with E-state index in [9.17, 15) is 19.2 Å². The van der Waals surface area contributed by atoms with Crippen molar-refractivity contribution in [2.24, 2.45) is 5.92 Å². The number of carbonyl (C=O) groups is 3. The van der Waals surface area contributed by atoms with E-state index < -0.39 is 23.3 Å². The lowest BCUT2D eigenvalue weighted by Gasteiger charge is -2.33. The van der Waals surface area contributed by atoms with Crippen molar-refractivity contribution in [3.63, 3.8) is 0 Å². The number of Topliss-reactive ketones (excluding diaryl/α,β-unsaturated/α-hetero) is 1. The molecule has 1 saturated heterocycles. The zero-order chi connectivity index (χ0) is 24.6. The number of rotatable bonds is 8. The third-order valence-corrected chi connectivity index (χ3v) is 6.98. The Morgan fingerprint density at radius 3 is 2.40 bits per heavy atom. The molecule has 1 aromatic carbocycles. The summed E-state index contributed by atoms with van der Waals surface area (Å²) in [5.41, 5.74) is 1.41. The first kappa shape index (κ1) is 24.6. The van der Waals surface area contributed by atoms with E-state index in [0.29, 0.717) is 38.0 Å². The number of allylic oxidation sites excluding steroid dienone is 1. The molecule has 1 atom stereocenters. The molecule has 0 spiro atoms. The molecule has 35 heavy (non-hydrogen) atoms. The highest BCUT2D eigenvalue weighted by atomic mass is 16.2. The minimum absolute atomic E-state index is 0.0321. The Labute approximate surface area is 205 Å². The van der Waals surface area contributed by atoms with Crippen molar-refractivity contribution in [2.75, 3.05) is 19.6 Å². The molecule has 0 bridgehead atoms. The summed E-state index contributed by atoms with van der Waals surface area (Å²) in [4.78, 5) is 53.7. The summed E-state index contributed by atoms with van der Waals surface area (Å²) in [5, 5.41) is 3.06. The average Bonchev–Trinajstić information content (AvgIpc) is 2.91. The summed E-state index contributed by atoms with van der Waals surface area (Å²) in [5.74, 6) is -0.942. The first-order valence-corrected chi connectivity index (χ1v) is 12.6. The van der Waals surface area contributed by atoms with Crippen molar-refractivity contribution in [1.82, 2.24) is 14.8 Å². The Hall–Kier alpha value is -3.48. The zero-order valence-corrected chi connectivity index (χ0v) is 20.0. The molecule has 0 radical (unpaired) electrons. The fourth-order valence-electron chi connectivity index (χ4n) is 4.93. The van der Waals surface area contributed by atoms with Crippen LogP contribution in [0, 0.1) is 5.92 Å². The van der Waals surface area contributed by atoms with Gasteiger partial charge < -0.3 is 10.2 Å². The number of amides is 2. The minimum Gasteiger partial charge on any atom is -0.356 e. The molecule has 4 rings (SSSR count). The van der Waals surface area contributed by atoms with Crippen LogP contribution in [0.15, 0.2) is 71.2 Å². The maximum absolute atomic E-state index is 13.5. The SMILES string of the molecule is O=C(NCCC1=CCCCC1)C1CCN(C(=O)C(C(=O)c2ccccc2)n2ccccc2=O)CC1. The third kappa shape index (κ3) is 6.15. The van der Waals surface area contributed by atoms with Gasteiger partial charge in [0.25, 0.3) is 11.5 Å². The number of ketones is 1. The van der Waals surface area contributed by atoms with Crippen LogP contribution in [0.2, 0.25) is 0 Å². The minimum atomic E-state index is -1.26. The summed E-state index contributed by atoms with van der Waals surface area (Å²) in [6, 6.07) is 11.9. The van der Waals surface area contributed by atoms with E-state index in [-0.39, 0.29) is 11.8 Å². The maximum atomic E-state index is 13.5. The monoisotopic (exact) mass is 475 g/mol. The molecule has 184 valence electrons. The zero-order valence-electron chi connectivity index (χ0n) is 20.0. The van der Waals surface area contributed by atoms with Crippen LogP contribution in [0.3, 0.4) is 0 Å². The summed E-state index contributed by atoms with van der Waals surface area (Å²) >= 11 is 0. The molecule has 1 aliphatic heterocycles. The summed E-state index contributed by atoms with van der Waals surface area (Å²) < 4.78 is 1.20. The van der Waals surface area contributed by atoms with Crippen LogP contribution in [-0.2, 0) is 9.59 Å². The molecule has 2 aliphatic rings. The van der Waals surface area contributed by atoms with Gasteiger partial charge in [0.2, 0.25) is 5.91 Å². The number of hydrogen-bond donors (Lipinski definition) is 1. The first-order chi connectivity index (χ1) is 17.0. The van der Waals surface area contributed by atoms with E-state index in [0.717, 1.165) is 19.3 Å². The van der Waals surface area contributed by atoms with E-state index in [1.807, 2.05) is 0 Å². The van der Waals surface area contributed by atoms with E-state index >= 15 is 0 Å². The predicted molar refractivity (Wildman–Crippen MR) is 134 cm³/mol. The standard InChI is InChI=1S/C28H33N3O4/c32-24-13-7-8-18-31(24)25(26(33)22-11-5-2-6-12-22)28(35)30-19-15-23(16-20-30)27(34)29-17-14-21-9-3-1-4-10-21/h2,5-9,11-13,18,23,25H,1,3-4,10,14-17,19-20H2,(H,29,34). The number of nitrogens with one attached hydrogen (secondary N) is 1. The van der Waals surface area contributed by atoms with Crippen LogP contribution >= 0.6 is 0 Å². The lowest BCUT2D eigenvalue weighted by Crippen LogP contribution is -2.48.